The number of hydrogen-bond acceptors (Lipinski definition) is 6. The molecule has 8 nitrogen and oxygen atoms in total. The lowest BCUT2D eigenvalue weighted by Gasteiger charge is -2.53. The van der Waals surface area contributed by atoms with E-state index in [0.29, 0.717) is 6.04 Å². The lowest BCUT2D eigenvalue weighted by Crippen LogP contribution is -2.62. The first kappa shape index (κ1) is 28.4. The van der Waals surface area contributed by atoms with Gasteiger partial charge in [-0.25, -0.2) is 0 Å². The van der Waals surface area contributed by atoms with E-state index >= 15 is 0 Å². The number of aromatic amines is 1. The highest BCUT2D eigenvalue weighted by atomic mass is 16.5. The number of hydrogen-bond donors (Lipinski definition) is 1. The smallest absolute Gasteiger partial charge is 0.253 e. The number of carbonyl (C=O) groups is 1. The fourth-order valence-corrected chi connectivity index (χ4v) is 8.35. The van der Waals surface area contributed by atoms with Gasteiger partial charge in [-0.05, 0) is 87.0 Å². The molecule has 4 fully saturated rings. The molecule has 2 aromatic carbocycles. The van der Waals surface area contributed by atoms with Crippen LogP contribution in [0.15, 0.2) is 42.6 Å². The average molecular weight is 581 g/mol. The van der Waals surface area contributed by atoms with Crippen molar-refractivity contribution in [2.24, 2.45) is 11.3 Å². The standard InChI is InChI=1S/C35H44N6O2/c1-24-16-32(43-3)30(29-8-10-37-33(24)29)23-41-11-9-35(17-25(18-35)20-36)19-31(41)26-4-6-27(7-5-26)34(42)40-14-12-39(13-15-40)28-21-38(2)22-28/h4-8,10,16,25,28,31,37H,9,11-15,17-19,21-23H2,1-3H3/t25?,31-,35?/m0/s1. The van der Waals surface area contributed by atoms with Gasteiger partial charge in [-0.2, -0.15) is 5.26 Å². The van der Waals surface area contributed by atoms with Gasteiger partial charge in [0, 0.05) is 92.0 Å². The summed E-state index contributed by atoms with van der Waals surface area (Å²) < 4.78 is 5.90. The minimum absolute atomic E-state index is 0.143. The van der Waals surface area contributed by atoms with Gasteiger partial charge in [-0.15, -0.1) is 0 Å². The number of methoxy groups -OCH3 is 1. The van der Waals surface area contributed by atoms with E-state index < -0.39 is 0 Å². The number of likely N-dealkylation sites (N-methyl/N-ethyl adjacent to an activating group) is 1. The number of likely N-dealkylation sites (tertiary alicyclic amines) is 2. The number of nitrogens with one attached hydrogen (secondary N) is 1. The van der Waals surface area contributed by atoms with E-state index in [2.05, 4.69) is 64.0 Å². The zero-order valence-corrected chi connectivity index (χ0v) is 25.8. The topological polar surface area (TPSA) is 78.8 Å². The number of nitrogens with zero attached hydrogens (tertiary/aromatic N) is 5. The van der Waals surface area contributed by atoms with Crippen LogP contribution in [0.4, 0.5) is 0 Å². The SMILES string of the molecule is COc1cc(C)c2[nH]ccc2c1CN1CCC2(CC(C#N)C2)C[C@H]1c1ccc(C(=O)N2CCN(C3CN(C)C3)CC2)cc1. The maximum atomic E-state index is 13.5. The number of H-pyrrole nitrogens is 1. The second-order valence-corrected chi connectivity index (χ2v) is 13.6. The molecular formula is C35H44N6O2. The molecule has 1 amide bonds. The van der Waals surface area contributed by atoms with Gasteiger partial charge in [0.2, 0.25) is 0 Å². The van der Waals surface area contributed by atoms with Gasteiger partial charge in [-0.1, -0.05) is 12.1 Å². The zero-order chi connectivity index (χ0) is 29.7. The molecule has 0 radical (unpaired) electrons. The van der Waals surface area contributed by atoms with Crippen LogP contribution in [0.25, 0.3) is 10.9 Å². The number of amides is 1. The third-order valence-corrected chi connectivity index (χ3v) is 10.9. The van der Waals surface area contributed by atoms with Crippen molar-refractivity contribution in [2.45, 2.75) is 51.2 Å². The lowest BCUT2D eigenvalue weighted by molar-refractivity contribution is -0.0298. The van der Waals surface area contributed by atoms with Crippen molar-refractivity contribution in [3.63, 3.8) is 0 Å². The van der Waals surface area contributed by atoms with E-state index in [4.69, 9.17) is 4.74 Å². The third kappa shape index (κ3) is 5.22. The fourth-order valence-electron chi connectivity index (χ4n) is 8.35. The molecular weight excluding hydrogens is 536 g/mol. The summed E-state index contributed by atoms with van der Waals surface area (Å²) in [6, 6.07) is 16.1. The van der Waals surface area contributed by atoms with E-state index in [1.807, 2.05) is 23.2 Å². The Hall–Kier alpha value is -3.38. The number of piperazine rings is 1. The number of nitriles is 1. The van der Waals surface area contributed by atoms with Gasteiger partial charge < -0.3 is 19.5 Å². The van der Waals surface area contributed by atoms with E-state index in [9.17, 15) is 10.1 Å². The fraction of sp³-hybridized carbons (Fsp3) is 0.543. The summed E-state index contributed by atoms with van der Waals surface area (Å²) in [6.07, 6.45) is 6.18. The van der Waals surface area contributed by atoms with Crippen molar-refractivity contribution in [1.82, 2.24) is 24.6 Å². The third-order valence-electron chi connectivity index (χ3n) is 10.9. The molecule has 3 aliphatic heterocycles. The molecule has 1 aliphatic carbocycles. The molecule has 1 N–H and O–H groups in total. The minimum Gasteiger partial charge on any atom is -0.496 e. The molecule has 3 aromatic rings. The molecule has 0 bridgehead atoms. The molecule has 1 atom stereocenters. The van der Waals surface area contributed by atoms with Gasteiger partial charge in [0.15, 0.2) is 0 Å². The van der Waals surface area contributed by atoms with Crippen LogP contribution in [0.3, 0.4) is 0 Å². The van der Waals surface area contributed by atoms with Gasteiger partial charge >= 0.3 is 0 Å². The Labute approximate surface area is 255 Å². The van der Waals surface area contributed by atoms with E-state index in [0.717, 1.165) is 89.4 Å². The monoisotopic (exact) mass is 580 g/mol. The molecule has 8 heteroatoms. The number of ether oxygens (including phenoxy) is 1. The Kier molecular flexibility index (Phi) is 7.45. The highest BCUT2D eigenvalue weighted by Crippen LogP contribution is 2.57. The van der Waals surface area contributed by atoms with Gasteiger partial charge in [0.25, 0.3) is 5.91 Å². The number of carbonyl (C=O) groups excluding carboxylic acids is 1. The Balaban J connectivity index is 1.10. The zero-order valence-electron chi connectivity index (χ0n) is 25.8. The maximum absolute atomic E-state index is 13.5. The first-order valence-electron chi connectivity index (χ1n) is 16.0. The largest absolute Gasteiger partial charge is 0.496 e. The lowest BCUT2D eigenvalue weighted by atomic mass is 9.56. The van der Waals surface area contributed by atoms with Gasteiger partial charge in [0.05, 0.1) is 13.2 Å². The van der Waals surface area contributed by atoms with Crippen LogP contribution in [0.1, 0.15) is 58.8 Å². The summed E-state index contributed by atoms with van der Waals surface area (Å²) in [4.78, 5) is 26.4. The summed E-state index contributed by atoms with van der Waals surface area (Å²) in [6.45, 7) is 9.69. The quantitative estimate of drug-likeness (QED) is 0.451. The van der Waals surface area contributed by atoms with Crippen LogP contribution in [0.2, 0.25) is 0 Å². The van der Waals surface area contributed by atoms with Crippen LogP contribution in [0.5, 0.6) is 5.75 Å². The number of aryl methyl sites for hydroxylation is 1. The van der Waals surface area contributed by atoms with Crippen molar-refractivity contribution >= 4 is 16.8 Å². The summed E-state index contributed by atoms with van der Waals surface area (Å²) in [7, 11) is 3.93. The molecule has 1 aromatic heterocycles. The first-order valence-corrected chi connectivity index (χ1v) is 16.0. The Morgan fingerprint density at radius 3 is 2.49 bits per heavy atom. The van der Waals surface area contributed by atoms with Crippen LogP contribution >= 0.6 is 0 Å². The van der Waals surface area contributed by atoms with Gasteiger partial charge in [0.1, 0.15) is 5.75 Å². The predicted molar refractivity (Wildman–Crippen MR) is 168 cm³/mol. The van der Waals surface area contributed by atoms with E-state index in [1.165, 1.54) is 27.6 Å². The highest BCUT2D eigenvalue weighted by Gasteiger charge is 2.49. The first-order chi connectivity index (χ1) is 20.9. The normalized spacial score (nSPS) is 27.2. The maximum Gasteiger partial charge on any atom is 0.253 e. The van der Waals surface area contributed by atoms with Crippen LogP contribution < -0.4 is 4.74 Å². The number of piperidine rings is 1. The highest BCUT2D eigenvalue weighted by molar-refractivity contribution is 5.94. The Morgan fingerprint density at radius 2 is 1.81 bits per heavy atom. The molecule has 226 valence electrons. The minimum atomic E-state index is 0.143. The van der Waals surface area contributed by atoms with Crippen LogP contribution in [0, 0.1) is 29.6 Å². The van der Waals surface area contributed by atoms with Crippen molar-refractivity contribution in [1.29, 1.82) is 5.26 Å². The molecule has 43 heavy (non-hydrogen) atoms. The summed E-state index contributed by atoms with van der Waals surface area (Å²) >= 11 is 0. The number of fused-ring (bicyclic) bond motifs is 1. The molecule has 3 saturated heterocycles. The van der Waals surface area contributed by atoms with Crippen LogP contribution in [-0.4, -0.2) is 96.5 Å². The molecule has 7 rings (SSSR count). The van der Waals surface area contributed by atoms with Crippen molar-refractivity contribution < 1.29 is 9.53 Å². The average Bonchev–Trinajstić information content (AvgIpc) is 3.50. The van der Waals surface area contributed by atoms with Crippen molar-refractivity contribution in [3.8, 4) is 11.8 Å². The number of benzene rings is 2. The summed E-state index contributed by atoms with van der Waals surface area (Å²) in [5, 5.41) is 10.7. The van der Waals surface area contributed by atoms with E-state index in [1.54, 1.807) is 7.11 Å². The van der Waals surface area contributed by atoms with Crippen molar-refractivity contribution in [2.75, 3.05) is 60.0 Å². The summed E-state index contributed by atoms with van der Waals surface area (Å²) in [5.74, 6) is 1.26. The molecule has 1 saturated carbocycles. The molecule has 1 spiro atoms. The number of aromatic nitrogens is 1. The second-order valence-electron chi connectivity index (χ2n) is 13.6. The van der Waals surface area contributed by atoms with Crippen LogP contribution in [-0.2, 0) is 6.54 Å². The Bertz CT molecular complexity index is 1520. The molecule has 4 aliphatic rings. The van der Waals surface area contributed by atoms with Crippen molar-refractivity contribution in [3.05, 3.63) is 64.8 Å². The Morgan fingerprint density at radius 1 is 1.07 bits per heavy atom. The predicted octanol–water partition coefficient (Wildman–Crippen LogP) is 4.81. The van der Waals surface area contributed by atoms with E-state index in [-0.39, 0.29) is 23.3 Å². The second kappa shape index (κ2) is 11.3. The van der Waals surface area contributed by atoms with Gasteiger partial charge in [-0.3, -0.25) is 14.6 Å². The molecule has 4 heterocycles. The molecule has 0 unspecified atom stereocenters. The summed E-state index contributed by atoms with van der Waals surface area (Å²) in [5.41, 5.74) is 5.84. The number of rotatable bonds is 6.